The molecule has 7 heteroatoms. The molecule has 1 aromatic heterocycles. The van der Waals surface area contributed by atoms with E-state index in [1.54, 1.807) is 30.3 Å². The minimum Gasteiger partial charge on any atom is -0.508 e. The third-order valence-electron chi connectivity index (χ3n) is 8.63. The van der Waals surface area contributed by atoms with E-state index in [-0.39, 0.29) is 23.7 Å². The van der Waals surface area contributed by atoms with Crippen LogP contribution in [-0.2, 0) is 0 Å². The highest BCUT2D eigenvalue weighted by molar-refractivity contribution is 5.94. The van der Waals surface area contributed by atoms with Crippen LogP contribution in [0, 0.1) is 17.2 Å². The summed E-state index contributed by atoms with van der Waals surface area (Å²) in [6.45, 7) is 8.72. The zero-order valence-corrected chi connectivity index (χ0v) is 27.2. The Bertz CT molecular complexity index is 1980. The number of benzene rings is 4. The molecule has 238 valence electrons. The minimum atomic E-state index is -0.104. The molecule has 0 aliphatic heterocycles. The number of nitrogens with one attached hydrogen (secondary N) is 1. The van der Waals surface area contributed by atoms with Crippen molar-refractivity contribution in [3.05, 3.63) is 107 Å². The van der Waals surface area contributed by atoms with Gasteiger partial charge in [0, 0.05) is 28.8 Å². The normalized spacial score (nSPS) is 14.7. The number of aromatic hydroxyl groups is 1. The summed E-state index contributed by atoms with van der Waals surface area (Å²) >= 11 is 0. The highest BCUT2D eigenvalue weighted by Crippen LogP contribution is 2.36. The Morgan fingerprint density at radius 2 is 1.72 bits per heavy atom. The predicted molar refractivity (Wildman–Crippen MR) is 185 cm³/mol. The molecule has 0 fully saturated rings. The maximum absolute atomic E-state index is 13.0. The van der Waals surface area contributed by atoms with Crippen molar-refractivity contribution in [3.63, 3.8) is 0 Å². The first kappa shape index (κ1) is 31.6. The molecule has 7 nitrogen and oxygen atoms in total. The van der Waals surface area contributed by atoms with Gasteiger partial charge in [-0.05, 0) is 116 Å². The van der Waals surface area contributed by atoms with Crippen molar-refractivity contribution in [2.45, 2.75) is 59.0 Å². The van der Waals surface area contributed by atoms with Crippen LogP contribution < -0.4 is 10.1 Å². The molecule has 1 aliphatic carbocycles. The number of amides is 1. The van der Waals surface area contributed by atoms with Gasteiger partial charge in [-0.2, -0.15) is 5.26 Å². The van der Waals surface area contributed by atoms with Crippen LogP contribution in [0.25, 0.3) is 39.3 Å². The molecule has 2 N–H and O–H groups in total. The molecular weight excluding hydrogens is 586 g/mol. The van der Waals surface area contributed by atoms with Crippen LogP contribution >= 0.6 is 0 Å². The number of nitrogens with zero attached hydrogens (tertiary/aromatic N) is 2. The monoisotopic (exact) mass is 625 g/mol. The number of rotatable bonds is 9. The number of carbonyl (C=O) groups excluding carboxylic acids is 1. The lowest BCUT2D eigenvalue weighted by Gasteiger charge is -2.23. The van der Waals surface area contributed by atoms with Crippen molar-refractivity contribution < 1.29 is 19.1 Å². The SMILES string of the molecule is CC(C)Oc1ccc(O)cc1-c1ccc(C2=CCC(CNC(=O)c3ccc(-c4nc5cc(C#N)cc(C(C)C)c5o4)cc3)CC2)cc1. The molecule has 0 spiro atoms. The van der Waals surface area contributed by atoms with E-state index in [1.807, 2.05) is 38.1 Å². The number of aromatic nitrogens is 1. The van der Waals surface area contributed by atoms with E-state index in [0.29, 0.717) is 40.6 Å². The van der Waals surface area contributed by atoms with Crippen LogP contribution in [0.15, 0.2) is 89.4 Å². The molecular formula is C40H39N3O4. The molecule has 5 aromatic rings. The van der Waals surface area contributed by atoms with E-state index < -0.39 is 0 Å². The van der Waals surface area contributed by atoms with Crippen LogP contribution in [0.2, 0.25) is 0 Å². The van der Waals surface area contributed by atoms with Gasteiger partial charge in [0.1, 0.15) is 17.0 Å². The van der Waals surface area contributed by atoms with Gasteiger partial charge in [-0.25, -0.2) is 4.98 Å². The Kier molecular flexibility index (Phi) is 9.12. The lowest BCUT2D eigenvalue weighted by molar-refractivity contribution is 0.0946. The zero-order valence-electron chi connectivity index (χ0n) is 27.2. The van der Waals surface area contributed by atoms with Crippen molar-refractivity contribution in [1.82, 2.24) is 10.3 Å². The van der Waals surface area contributed by atoms with Gasteiger partial charge in [-0.1, -0.05) is 44.2 Å². The van der Waals surface area contributed by atoms with Gasteiger partial charge in [-0.3, -0.25) is 4.79 Å². The highest BCUT2D eigenvalue weighted by atomic mass is 16.5. The molecule has 4 aromatic carbocycles. The Morgan fingerprint density at radius 1 is 1.00 bits per heavy atom. The lowest BCUT2D eigenvalue weighted by atomic mass is 9.86. The summed E-state index contributed by atoms with van der Waals surface area (Å²) in [6, 6.07) is 26.7. The van der Waals surface area contributed by atoms with Crippen LogP contribution in [0.1, 0.15) is 79.9 Å². The summed E-state index contributed by atoms with van der Waals surface area (Å²) in [5, 5.41) is 22.6. The Hall–Kier alpha value is -5.35. The number of oxazole rings is 1. The Morgan fingerprint density at radius 3 is 2.38 bits per heavy atom. The van der Waals surface area contributed by atoms with Crippen LogP contribution in [-0.4, -0.2) is 28.6 Å². The largest absolute Gasteiger partial charge is 0.508 e. The Balaban J connectivity index is 1.06. The highest BCUT2D eigenvalue weighted by Gasteiger charge is 2.19. The number of allylic oxidation sites excluding steroid dienone is 2. The summed E-state index contributed by atoms with van der Waals surface area (Å²) < 4.78 is 12.1. The summed E-state index contributed by atoms with van der Waals surface area (Å²) in [4.78, 5) is 17.6. The van der Waals surface area contributed by atoms with Crippen molar-refractivity contribution in [2.75, 3.05) is 6.54 Å². The number of hydrogen-bond donors (Lipinski definition) is 2. The third kappa shape index (κ3) is 7.07. The smallest absolute Gasteiger partial charge is 0.251 e. The van der Waals surface area contributed by atoms with Gasteiger partial charge in [-0.15, -0.1) is 0 Å². The molecule has 1 aliphatic rings. The van der Waals surface area contributed by atoms with Gasteiger partial charge in [0.05, 0.1) is 17.7 Å². The number of carbonyl (C=O) groups is 1. The maximum atomic E-state index is 13.0. The van der Waals surface area contributed by atoms with Crippen molar-refractivity contribution in [1.29, 1.82) is 5.26 Å². The number of fused-ring (bicyclic) bond motifs is 1. The van der Waals surface area contributed by atoms with Crippen LogP contribution in [0.3, 0.4) is 0 Å². The molecule has 0 bridgehead atoms. The molecule has 47 heavy (non-hydrogen) atoms. The van der Waals surface area contributed by atoms with Crippen molar-refractivity contribution in [3.8, 4) is 40.1 Å². The van der Waals surface area contributed by atoms with Gasteiger partial charge < -0.3 is 19.6 Å². The maximum Gasteiger partial charge on any atom is 0.251 e. The standard InChI is InChI=1S/C40H39N3O4/c1-24(2)34-19-27(22-41)20-36-38(34)47-40(43-36)32-15-13-31(14-16-32)39(45)42-23-26-5-7-28(8-6-26)29-9-11-30(12-10-29)35-21-33(44)17-18-37(35)46-25(3)4/h7,9-21,24-26,44H,5-6,8,23H2,1-4H3,(H,42,45). The summed E-state index contributed by atoms with van der Waals surface area (Å²) in [5.41, 5.74) is 8.58. The second kappa shape index (κ2) is 13.6. The molecule has 0 saturated heterocycles. The second-order valence-electron chi connectivity index (χ2n) is 12.8. The first-order chi connectivity index (χ1) is 22.7. The first-order valence-electron chi connectivity index (χ1n) is 16.2. The van der Waals surface area contributed by atoms with Gasteiger partial charge in [0.15, 0.2) is 5.58 Å². The van der Waals surface area contributed by atoms with E-state index in [1.165, 1.54) is 11.1 Å². The summed E-state index contributed by atoms with van der Waals surface area (Å²) in [6.07, 6.45) is 5.17. The van der Waals surface area contributed by atoms with Crippen LogP contribution in [0.5, 0.6) is 11.5 Å². The number of hydrogen-bond acceptors (Lipinski definition) is 6. The Labute approximate surface area is 275 Å². The average Bonchev–Trinajstić information content (AvgIpc) is 3.52. The molecule has 1 heterocycles. The fourth-order valence-corrected chi connectivity index (χ4v) is 6.08. The zero-order chi connectivity index (χ0) is 33.1. The number of ether oxygens (including phenoxy) is 1. The molecule has 0 saturated carbocycles. The number of phenolic OH excluding ortho intramolecular Hbond substituents is 1. The third-order valence-corrected chi connectivity index (χ3v) is 8.63. The van der Waals surface area contributed by atoms with E-state index in [0.717, 1.165) is 47.3 Å². The van der Waals surface area contributed by atoms with E-state index in [4.69, 9.17) is 9.15 Å². The summed E-state index contributed by atoms with van der Waals surface area (Å²) in [5.74, 6) is 1.88. The summed E-state index contributed by atoms with van der Waals surface area (Å²) in [7, 11) is 0. The molecule has 0 radical (unpaired) electrons. The van der Waals surface area contributed by atoms with Crippen LogP contribution in [0.4, 0.5) is 0 Å². The number of nitriles is 1. The minimum absolute atomic E-state index is 0.0360. The van der Waals surface area contributed by atoms with Gasteiger partial charge in [0.25, 0.3) is 5.91 Å². The van der Waals surface area contributed by atoms with Gasteiger partial charge in [0.2, 0.25) is 5.89 Å². The van der Waals surface area contributed by atoms with Crippen molar-refractivity contribution in [2.24, 2.45) is 5.92 Å². The van der Waals surface area contributed by atoms with E-state index in [9.17, 15) is 15.2 Å². The number of phenols is 1. The fourth-order valence-electron chi connectivity index (χ4n) is 6.08. The quantitative estimate of drug-likeness (QED) is 0.169. The molecule has 1 unspecified atom stereocenters. The predicted octanol–water partition coefficient (Wildman–Crippen LogP) is 9.26. The van der Waals surface area contributed by atoms with Gasteiger partial charge >= 0.3 is 0 Å². The van der Waals surface area contributed by atoms with E-state index >= 15 is 0 Å². The topological polar surface area (TPSA) is 108 Å². The first-order valence-corrected chi connectivity index (χ1v) is 16.2. The fraction of sp³-hybridized carbons (Fsp3) is 0.275. The van der Waals surface area contributed by atoms with Crippen molar-refractivity contribution >= 4 is 22.6 Å². The van der Waals surface area contributed by atoms with E-state index in [2.05, 4.69) is 60.6 Å². The lowest BCUT2D eigenvalue weighted by Crippen LogP contribution is -2.29. The molecule has 1 atom stereocenters. The molecule has 6 rings (SSSR count). The molecule has 1 amide bonds. The average molecular weight is 626 g/mol. The second-order valence-corrected chi connectivity index (χ2v) is 12.8.